The lowest BCUT2D eigenvalue weighted by atomic mass is 10.2. The third-order valence-electron chi connectivity index (χ3n) is 3.42. The number of imidazole rings is 1. The number of aryl methyl sites for hydroxylation is 3. The van der Waals surface area contributed by atoms with Crippen molar-refractivity contribution in [1.82, 2.24) is 14.5 Å². The number of rotatable bonds is 2. The molecule has 6 heteroatoms. The molecule has 0 unspecified atom stereocenters. The number of hydrogen-bond donors (Lipinski definition) is 1. The number of benzene rings is 1. The minimum Gasteiger partial charge on any atom is -0.444 e. The molecule has 0 amide bonds. The van der Waals surface area contributed by atoms with Crippen LogP contribution in [0, 0.1) is 26.6 Å². The second kappa shape index (κ2) is 4.33. The van der Waals surface area contributed by atoms with E-state index >= 15 is 0 Å². The van der Waals surface area contributed by atoms with Crippen LogP contribution in [0.1, 0.15) is 22.9 Å². The third kappa shape index (κ3) is 1.93. The normalized spacial score (nSPS) is 11.4. The van der Waals surface area contributed by atoms with Crippen molar-refractivity contribution in [3.05, 3.63) is 40.9 Å². The van der Waals surface area contributed by atoms with E-state index in [2.05, 4.69) is 9.97 Å². The van der Waals surface area contributed by atoms with Gasteiger partial charge in [-0.25, -0.2) is 14.4 Å². The number of anilines is 1. The molecule has 20 heavy (non-hydrogen) atoms. The van der Waals surface area contributed by atoms with Crippen LogP contribution in [0.2, 0.25) is 0 Å². The highest BCUT2D eigenvalue weighted by Crippen LogP contribution is 2.23. The number of oxazole rings is 1. The van der Waals surface area contributed by atoms with Gasteiger partial charge in [-0.2, -0.15) is 0 Å². The molecule has 0 saturated heterocycles. The molecule has 3 rings (SSSR count). The Hall–Kier alpha value is -2.37. The summed E-state index contributed by atoms with van der Waals surface area (Å²) in [5.74, 6) is 1.38. The zero-order valence-corrected chi connectivity index (χ0v) is 11.6. The second-order valence-electron chi connectivity index (χ2n) is 4.90. The first-order valence-corrected chi connectivity index (χ1v) is 6.30. The van der Waals surface area contributed by atoms with E-state index in [1.807, 2.05) is 13.8 Å². The van der Waals surface area contributed by atoms with E-state index in [0.717, 1.165) is 17.0 Å². The average Bonchev–Trinajstić information content (AvgIpc) is 2.83. The van der Waals surface area contributed by atoms with Crippen molar-refractivity contribution in [3.63, 3.8) is 0 Å². The Morgan fingerprint density at radius 2 is 2.00 bits per heavy atom. The summed E-state index contributed by atoms with van der Waals surface area (Å²) in [7, 11) is 0. The van der Waals surface area contributed by atoms with Crippen molar-refractivity contribution >= 4 is 17.0 Å². The van der Waals surface area contributed by atoms with Gasteiger partial charge in [0.2, 0.25) is 11.8 Å². The molecular weight excluding hydrogens is 259 g/mol. The summed E-state index contributed by atoms with van der Waals surface area (Å²) in [6.07, 6.45) is 0. The standard InChI is InChI=1S/C14H15FN4O/c1-7-4-12-11(5-10(7)15)18-14(16)19(12)6-13-17-8(2)9(3)20-13/h4-5H,6H2,1-3H3,(H2,16,18). The molecule has 0 aliphatic rings. The lowest BCUT2D eigenvalue weighted by molar-refractivity contribution is 0.460. The van der Waals surface area contributed by atoms with Gasteiger partial charge in [0, 0.05) is 6.07 Å². The van der Waals surface area contributed by atoms with Crippen LogP contribution in [0.25, 0.3) is 11.0 Å². The molecule has 0 radical (unpaired) electrons. The summed E-state index contributed by atoms with van der Waals surface area (Å²) in [6, 6.07) is 3.13. The summed E-state index contributed by atoms with van der Waals surface area (Å²) in [4.78, 5) is 8.50. The largest absolute Gasteiger partial charge is 0.444 e. The first-order valence-electron chi connectivity index (χ1n) is 6.30. The monoisotopic (exact) mass is 274 g/mol. The van der Waals surface area contributed by atoms with Gasteiger partial charge in [-0.3, -0.25) is 0 Å². The molecule has 2 N–H and O–H groups in total. The van der Waals surface area contributed by atoms with Crippen LogP contribution in [0.4, 0.5) is 10.3 Å². The van der Waals surface area contributed by atoms with Crippen LogP contribution < -0.4 is 5.73 Å². The van der Waals surface area contributed by atoms with E-state index in [1.54, 1.807) is 17.6 Å². The van der Waals surface area contributed by atoms with E-state index in [-0.39, 0.29) is 5.82 Å². The maximum atomic E-state index is 13.6. The van der Waals surface area contributed by atoms with Gasteiger partial charge in [0.05, 0.1) is 16.7 Å². The van der Waals surface area contributed by atoms with Gasteiger partial charge in [-0.15, -0.1) is 0 Å². The molecule has 0 bridgehead atoms. The fourth-order valence-electron chi connectivity index (χ4n) is 2.18. The Balaban J connectivity index is 2.11. The van der Waals surface area contributed by atoms with Crippen molar-refractivity contribution < 1.29 is 8.81 Å². The van der Waals surface area contributed by atoms with E-state index in [4.69, 9.17) is 10.2 Å². The van der Waals surface area contributed by atoms with Gasteiger partial charge in [-0.05, 0) is 32.4 Å². The molecule has 0 aliphatic heterocycles. The maximum absolute atomic E-state index is 13.6. The van der Waals surface area contributed by atoms with E-state index in [1.165, 1.54) is 6.07 Å². The van der Waals surface area contributed by atoms with E-state index in [9.17, 15) is 4.39 Å². The minimum atomic E-state index is -0.287. The first kappa shape index (κ1) is 12.7. The van der Waals surface area contributed by atoms with Crippen molar-refractivity contribution in [2.24, 2.45) is 0 Å². The van der Waals surface area contributed by atoms with Crippen LogP contribution >= 0.6 is 0 Å². The van der Waals surface area contributed by atoms with Gasteiger partial charge in [0.1, 0.15) is 18.1 Å². The number of aromatic nitrogens is 3. The number of hydrogen-bond acceptors (Lipinski definition) is 4. The molecule has 2 heterocycles. The van der Waals surface area contributed by atoms with Gasteiger partial charge in [0.15, 0.2) is 0 Å². The van der Waals surface area contributed by atoms with Crippen LogP contribution in [0.3, 0.4) is 0 Å². The highest BCUT2D eigenvalue weighted by atomic mass is 19.1. The number of halogens is 1. The molecule has 0 saturated carbocycles. The summed E-state index contributed by atoms with van der Waals surface area (Å²) >= 11 is 0. The molecular formula is C14H15FN4O. The van der Waals surface area contributed by atoms with Crippen molar-refractivity contribution in [2.75, 3.05) is 5.73 Å². The van der Waals surface area contributed by atoms with Gasteiger partial charge >= 0.3 is 0 Å². The number of nitrogens with zero attached hydrogens (tertiary/aromatic N) is 3. The number of nitrogens with two attached hydrogens (primary N) is 1. The Labute approximate surface area is 115 Å². The number of nitrogen functional groups attached to an aromatic ring is 1. The molecule has 2 aromatic heterocycles. The maximum Gasteiger partial charge on any atom is 0.214 e. The lowest BCUT2D eigenvalue weighted by Gasteiger charge is -2.04. The predicted molar refractivity (Wildman–Crippen MR) is 73.9 cm³/mol. The predicted octanol–water partition coefficient (Wildman–Crippen LogP) is 2.72. The Morgan fingerprint density at radius 1 is 1.25 bits per heavy atom. The van der Waals surface area contributed by atoms with Gasteiger partial charge in [-0.1, -0.05) is 0 Å². The first-order chi connectivity index (χ1) is 9.45. The smallest absolute Gasteiger partial charge is 0.214 e. The van der Waals surface area contributed by atoms with Crippen LogP contribution in [0.5, 0.6) is 0 Å². The fraction of sp³-hybridized carbons (Fsp3) is 0.286. The van der Waals surface area contributed by atoms with Crippen molar-refractivity contribution in [1.29, 1.82) is 0 Å². The molecule has 104 valence electrons. The average molecular weight is 274 g/mol. The highest BCUT2D eigenvalue weighted by molar-refractivity contribution is 5.79. The van der Waals surface area contributed by atoms with Crippen LogP contribution in [-0.2, 0) is 6.54 Å². The summed E-state index contributed by atoms with van der Waals surface area (Å²) in [6.45, 7) is 5.84. The SMILES string of the molecule is Cc1cc2c(cc1F)nc(N)n2Cc1nc(C)c(C)o1. The van der Waals surface area contributed by atoms with Gasteiger partial charge in [0.25, 0.3) is 0 Å². The zero-order chi connectivity index (χ0) is 14.4. The van der Waals surface area contributed by atoms with Gasteiger partial charge < -0.3 is 14.7 Å². The molecule has 5 nitrogen and oxygen atoms in total. The second-order valence-corrected chi connectivity index (χ2v) is 4.90. The molecule has 0 spiro atoms. The molecule has 0 aliphatic carbocycles. The summed E-state index contributed by atoms with van der Waals surface area (Å²) in [5.41, 5.74) is 8.62. The Morgan fingerprint density at radius 3 is 2.65 bits per heavy atom. The van der Waals surface area contributed by atoms with Crippen LogP contribution in [0.15, 0.2) is 16.5 Å². The fourth-order valence-corrected chi connectivity index (χ4v) is 2.18. The summed E-state index contributed by atoms with van der Waals surface area (Å²) < 4.78 is 20.9. The van der Waals surface area contributed by atoms with E-state index < -0.39 is 0 Å². The molecule has 0 fully saturated rings. The third-order valence-corrected chi connectivity index (χ3v) is 3.42. The Bertz CT molecular complexity index is 784. The summed E-state index contributed by atoms with van der Waals surface area (Å²) in [5, 5.41) is 0. The van der Waals surface area contributed by atoms with Crippen molar-refractivity contribution in [2.45, 2.75) is 27.3 Å². The van der Waals surface area contributed by atoms with E-state index in [0.29, 0.717) is 29.5 Å². The molecule has 0 atom stereocenters. The Kier molecular flexibility index (Phi) is 2.74. The topological polar surface area (TPSA) is 69.9 Å². The quantitative estimate of drug-likeness (QED) is 0.780. The molecule has 1 aromatic carbocycles. The minimum absolute atomic E-state index is 0.287. The zero-order valence-electron chi connectivity index (χ0n) is 11.6. The highest BCUT2D eigenvalue weighted by Gasteiger charge is 2.14. The molecule has 3 aromatic rings. The van der Waals surface area contributed by atoms with Crippen molar-refractivity contribution in [3.8, 4) is 0 Å². The lowest BCUT2D eigenvalue weighted by Crippen LogP contribution is -2.05. The van der Waals surface area contributed by atoms with Crippen LogP contribution in [-0.4, -0.2) is 14.5 Å². The number of fused-ring (bicyclic) bond motifs is 1.